The maximum absolute atomic E-state index is 11.5. The Labute approximate surface area is 186 Å². The Morgan fingerprint density at radius 2 is 1.84 bits per heavy atom. The van der Waals surface area contributed by atoms with E-state index in [1.807, 2.05) is 35.1 Å². The molecule has 0 spiro atoms. The fraction of sp³-hybridized carbons (Fsp3) is 0.625. The quantitative estimate of drug-likeness (QED) is 0.360. The molecular formula is C24H35NO5S. The number of fused-ring (bicyclic) bond motifs is 2. The van der Waals surface area contributed by atoms with E-state index in [1.165, 1.54) is 19.3 Å². The van der Waals surface area contributed by atoms with Crippen molar-refractivity contribution in [2.75, 3.05) is 12.9 Å². The number of unbranched alkanes of at least 4 members (excludes halogenated alkanes) is 2. The second kappa shape index (κ2) is 11.7. The molecule has 2 fully saturated rings. The first-order chi connectivity index (χ1) is 14.9. The van der Waals surface area contributed by atoms with Gasteiger partial charge in [-0.2, -0.15) is 0 Å². The molecule has 172 valence electrons. The molecule has 31 heavy (non-hydrogen) atoms. The molecule has 1 amide bonds. The highest BCUT2D eigenvalue weighted by atomic mass is 32.2. The van der Waals surface area contributed by atoms with Crippen molar-refractivity contribution in [3.63, 3.8) is 0 Å². The third kappa shape index (κ3) is 7.96. The van der Waals surface area contributed by atoms with Crippen LogP contribution in [-0.4, -0.2) is 39.4 Å². The van der Waals surface area contributed by atoms with Crippen molar-refractivity contribution in [1.29, 1.82) is 0 Å². The molecule has 1 aromatic carbocycles. The second-order valence-corrected chi connectivity index (χ2v) is 10.4. The summed E-state index contributed by atoms with van der Waals surface area (Å²) in [5, 5.41) is 0. The lowest BCUT2D eigenvalue weighted by atomic mass is 9.75. The number of nitrogens with one attached hydrogen (secondary N) is 1. The Kier molecular flexibility index (Phi) is 8.96. The standard InChI is InChI=1S/C24H35NO5S/c1-31(27,28)25-24(26)15-8-3-2-7-13-20-21(23-17-16-22(20)30-23)14-9-10-18-29-19-11-5-4-6-12-19/h2,4-7,11-12,20-23H,3,8-10,13-18H2,1H3,(H,25,26)/t20-,21+,22-,23+/m0/s1. The van der Waals surface area contributed by atoms with Gasteiger partial charge in [-0.3, -0.25) is 9.52 Å². The molecule has 3 rings (SSSR count). The monoisotopic (exact) mass is 449 g/mol. The van der Waals surface area contributed by atoms with Crippen molar-refractivity contribution in [3.05, 3.63) is 42.5 Å². The van der Waals surface area contributed by atoms with Gasteiger partial charge in [0.15, 0.2) is 0 Å². The number of allylic oxidation sites excluding steroid dienone is 2. The van der Waals surface area contributed by atoms with Crippen LogP contribution in [0, 0.1) is 11.8 Å². The molecular weight excluding hydrogens is 414 g/mol. The van der Waals surface area contributed by atoms with Crippen molar-refractivity contribution < 1.29 is 22.7 Å². The highest BCUT2D eigenvalue weighted by molar-refractivity contribution is 7.89. The first kappa shape index (κ1) is 23.8. The van der Waals surface area contributed by atoms with Crippen LogP contribution in [-0.2, 0) is 19.6 Å². The van der Waals surface area contributed by atoms with Crippen molar-refractivity contribution in [1.82, 2.24) is 4.72 Å². The molecule has 2 aliphatic rings. The first-order valence-corrected chi connectivity index (χ1v) is 13.3. The largest absolute Gasteiger partial charge is 0.494 e. The summed E-state index contributed by atoms with van der Waals surface area (Å²) in [6, 6.07) is 9.95. The molecule has 0 aliphatic carbocycles. The van der Waals surface area contributed by atoms with Gasteiger partial charge in [0.1, 0.15) is 5.75 Å². The summed E-state index contributed by atoms with van der Waals surface area (Å²) in [6.07, 6.45) is 14.5. The molecule has 0 aromatic heterocycles. The van der Waals surface area contributed by atoms with Crippen LogP contribution in [0.25, 0.3) is 0 Å². The number of benzene rings is 1. The predicted molar refractivity (Wildman–Crippen MR) is 121 cm³/mol. The average molecular weight is 450 g/mol. The molecule has 7 heteroatoms. The number of carbonyl (C=O) groups excluding carboxylic acids is 1. The predicted octanol–water partition coefficient (Wildman–Crippen LogP) is 4.22. The van der Waals surface area contributed by atoms with E-state index in [4.69, 9.17) is 9.47 Å². The normalized spacial score (nSPS) is 25.2. The van der Waals surface area contributed by atoms with E-state index in [0.717, 1.165) is 44.3 Å². The van der Waals surface area contributed by atoms with Gasteiger partial charge in [0.25, 0.3) is 0 Å². The van der Waals surface area contributed by atoms with Crippen LogP contribution in [0.15, 0.2) is 42.5 Å². The Morgan fingerprint density at radius 1 is 1.10 bits per heavy atom. The molecule has 1 aromatic rings. The lowest BCUT2D eigenvalue weighted by Crippen LogP contribution is -2.28. The van der Waals surface area contributed by atoms with Crippen molar-refractivity contribution in [2.24, 2.45) is 11.8 Å². The van der Waals surface area contributed by atoms with E-state index < -0.39 is 15.9 Å². The Hall–Kier alpha value is -1.86. The van der Waals surface area contributed by atoms with Gasteiger partial charge >= 0.3 is 0 Å². The first-order valence-electron chi connectivity index (χ1n) is 11.4. The highest BCUT2D eigenvalue weighted by Gasteiger charge is 2.47. The third-order valence-electron chi connectivity index (χ3n) is 6.18. The zero-order chi connectivity index (χ0) is 22.1. The van der Waals surface area contributed by atoms with Crippen LogP contribution < -0.4 is 9.46 Å². The minimum absolute atomic E-state index is 0.225. The number of hydrogen-bond donors (Lipinski definition) is 1. The third-order valence-corrected chi connectivity index (χ3v) is 6.78. The van der Waals surface area contributed by atoms with E-state index in [0.29, 0.717) is 30.5 Å². The topological polar surface area (TPSA) is 81.7 Å². The maximum atomic E-state index is 11.5. The van der Waals surface area contributed by atoms with E-state index in [1.54, 1.807) is 0 Å². The van der Waals surface area contributed by atoms with E-state index in [2.05, 4.69) is 12.2 Å². The molecule has 1 N–H and O–H groups in total. The van der Waals surface area contributed by atoms with Crippen LogP contribution >= 0.6 is 0 Å². The number of rotatable bonds is 13. The van der Waals surface area contributed by atoms with Crippen LogP contribution in [0.2, 0.25) is 0 Å². The highest BCUT2D eigenvalue weighted by Crippen LogP contribution is 2.47. The smallest absolute Gasteiger partial charge is 0.233 e. The van der Waals surface area contributed by atoms with Crippen molar-refractivity contribution >= 4 is 15.9 Å². The molecule has 0 unspecified atom stereocenters. The summed E-state index contributed by atoms with van der Waals surface area (Å²) in [5.74, 6) is 1.70. The Morgan fingerprint density at radius 3 is 2.58 bits per heavy atom. The number of para-hydroxylation sites is 1. The van der Waals surface area contributed by atoms with E-state index >= 15 is 0 Å². The molecule has 0 radical (unpaired) electrons. The summed E-state index contributed by atoms with van der Waals surface area (Å²) in [5.41, 5.74) is 0. The SMILES string of the molecule is CS(=O)(=O)NC(=O)CCCC=CC[C@H]1[C@@H](CCCCOc2ccccc2)[C@H]2CC[C@@H]1O2. The van der Waals surface area contributed by atoms with Crippen molar-refractivity contribution in [2.45, 2.75) is 70.0 Å². The van der Waals surface area contributed by atoms with Gasteiger partial charge < -0.3 is 9.47 Å². The van der Waals surface area contributed by atoms with E-state index in [9.17, 15) is 13.2 Å². The molecule has 2 saturated heterocycles. The lowest BCUT2D eigenvalue weighted by molar-refractivity contribution is -0.119. The molecule has 0 saturated carbocycles. The summed E-state index contributed by atoms with van der Waals surface area (Å²) < 4.78 is 36.1. The Bertz CT molecular complexity index is 824. The Balaban J connectivity index is 1.33. The number of carbonyl (C=O) groups is 1. The van der Waals surface area contributed by atoms with Crippen LogP contribution in [0.4, 0.5) is 0 Å². The number of sulfonamides is 1. The molecule has 2 aliphatic heterocycles. The van der Waals surface area contributed by atoms with Gasteiger partial charge in [-0.15, -0.1) is 0 Å². The fourth-order valence-electron chi connectivity index (χ4n) is 4.80. The minimum Gasteiger partial charge on any atom is -0.494 e. The van der Waals surface area contributed by atoms with Crippen LogP contribution in [0.1, 0.15) is 57.8 Å². The second-order valence-electron chi connectivity index (χ2n) is 8.67. The number of hydrogen-bond acceptors (Lipinski definition) is 5. The number of ether oxygens (including phenoxy) is 2. The van der Waals surface area contributed by atoms with Gasteiger partial charge in [-0.05, 0) is 75.3 Å². The summed E-state index contributed by atoms with van der Waals surface area (Å²) >= 11 is 0. The summed E-state index contributed by atoms with van der Waals surface area (Å²) in [6.45, 7) is 0.753. The zero-order valence-electron chi connectivity index (χ0n) is 18.4. The van der Waals surface area contributed by atoms with Crippen LogP contribution in [0.3, 0.4) is 0 Å². The zero-order valence-corrected chi connectivity index (χ0v) is 19.2. The van der Waals surface area contributed by atoms with Crippen LogP contribution in [0.5, 0.6) is 5.75 Å². The fourth-order valence-corrected chi connectivity index (χ4v) is 5.31. The number of amides is 1. The lowest BCUT2D eigenvalue weighted by Gasteiger charge is -2.27. The van der Waals surface area contributed by atoms with Gasteiger partial charge in [0.2, 0.25) is 15.9 Å². The maximum Gasteiger partial charge on any atom is 0.233 e. The summed E-state index contributed by atoms with van der Waals surface area (Å²) in [7, 11) is -3.46. The molecule has 2 bridgehead atoms. The van der Waals surface area contributed by atoms with Gasteiger partial charge in [-0.1, -0.05) is 30.4 Å². The molecule has 2 heterocycles. The summed E-state index contributed by atoms with van der Waals surface area (Å²) in [4.78, 5) is 11.5. The van der Waals surface area contributed by atoms with Gasteiger partial charge in [0.05, 0.1) is 25.1 Å². The molecule has 4 atom stereocenters. The van der Waals surface area contributed by atoms with Gasteiger partial charge in [-0.25, -0.2) is 8.42 Å². The van der Waals surface area contributed by atoms with Crippen molar-refractivity contribution in [3.8, 4) is 5.75 Å². The average Bonchev–Trinajstić information content (AvgIpc) is 3.32. The van der Waals surface area contributed by atoms with E-state index in [-0.39, 0.29) is 6.42 Å². The molecule has 6 nitrogen and oxygen atoms in total. The van der Waals surface area contributed by atoms with Gasteiger partial charge in [0, 0.05) is 6.42 Å². The minimum atomic E-state index is -3.46.